The summed E-state index contributed by atoms with van der Waals surface area (Å²) >= 11 is 0. The van der Waals surface area contributed by atoms with E-state index >= 15 is 0 Å². The Morgan fingerprint density at radius 1 is 1.14 bits per heavy atom. The van der Waals surface area contributed by atoms with Gasteiger partial charge in [0.25, 0.3) is 5.91 Å². The maximum atomic E-state index is 13.6. The number of carbonyl (C=O) groups is 2. The molecular weight excluding hydrogens is 456 g/mol. The first-order valence-electron chi connectivity index (χ1n) is 12.8. The van der Waals surface area contributed by atoms with E-state index in [1.54, 1.807) is 11.0 Å². The molecule has 194 valence electrons. The number of fused-ring (bicyclic) bond motifs is 2. The first-order chi connectivity index (χ1) is 16.7. The van der Waals surface area contributed by atoms with Crippen LogP contribution in [0.2, 0.25) is 0 Å². The fraction of sp³-hybridized carbons (Fsp3) is 0.692. The molecule has 1 aromatic carbocycles. The van der Waals surface area contributed by atoms with Crippen LogP contribution < -0.4 is 5.73 Å². The van der Waals surface area contributed by atoms with Crippen LogP contribution in [-0.2, 0) is 4.79 Å². The van der Waals surface area contributed by atoms with Crippen molar-refractivity contribution in [2.24, 2.45) is 11.7 Å². The molecule has 3 fully saturated rings. The van der Waals surface area contributed by atoms with Crippen molar-refractivity contribution < 1.29 is 28.6 Å². The maximum absolute atomic E-state index is 13.6. The number of piperidine rings is 1. The number of halogens is 2. The van der Waals surface area contributed by atoms with E-state index in [2.05, 4.69) is 11.0 Å². The Labute approximate surface area is 205 Å². The smallest absolute Gasteiger partial charge is 0.253 e. The van der Waals surface area contributed by atoms with Gasteiger partial charge in [-0.15, -0.1) is 0 Å². The van der Waals surface area contributed by atoms with Gasteiger partial charge in [-0.2, -0.15) is 0 Å². The second-order valence-electron chi connectivity index (χ2n) is 10.6. The Hall–Kier alpha value is -2.10. The summed E-state index contributed by atoms with van der Waals surface area (Å²) in [6.07, 6.45) is 2.95. The fourth-order valence-corrected chi connectivity index (χ4v) is 6.27. The summed E-state index contributed by atoms with van der Waals surface area (Å²) in [4.78, 5) is 28.4. The van der Waals surface area contributed by atoms with E-state index in [9.17, 15) is 28.6 Å². The van der Waals surface area contributed by atoms with E-state index in [1.165, 1.54) is 0 Å². The van der Waals surface area contributed by atoms with Gasteiger partial charge in [0.2, 0.25) is 11.8 Å². The minimum absolute atomic E-state index is 0.0236. The molecule has 1 saturated carbocycles. The van der Waals surface area contributed by atoms with E-state index in [4.69, 9.17) is 5.73 Å². The van der Waals surface area contributed by atoms with Crippen LogP contribution in [-0.4, -0.2) is 82.2 Å². The van der Waals surface area contributed by atoms with Gasteiger partial charge in [0.05, 0.1) is 6.61 Å². The lowest BCUT2D eigenvalue weighted by molar-refractivity contribution is -0.143. The maximum Gasteiger partial charge on any atom is 0.253 e. The number of hydrogen-bond acceptors (Lipinski definition) is 5. The Morgan fingerprint density at radius 3 is 2.40 bits per heavy atom. The normalized spacial score (nSPS) is 27.5. The van der Waals surface area contributed by atoms with Crippen LogP contribution in [0.25, 0.3) is 0 Å². The lowest BCUT2D eigenvalue weighted by atomic mass is 9.84. The summed E-state index contributed by atoms with van der Waals surface area (Å²) in [6.45, 7) is 0.727. The molecular formula is C26H37F2N3O4. The Bertz CT molecular complexity index is 890. The largest absolute Gasteiger partial charge is 0.393 e. The average molecular weight is 494 g/mol. The highest BCUT2D eigenvalue weighted by molar-refractivity contribution is 5.92. The van der Waals surface area contributed by atoms with Crippen LogP contribution in [0.1, 0.15) is 73.2 Å². The van der Waals surface area contributed by atoms with Gasteiger partial charge in [0.1, 0.15) is 0 Å². The molecule has 2 bridgehead atoms. The monoisotopic (exact) mass is 493 g/mol. The molecule has 2 aliphatic heterocycles. The molecule has 2 heterocycles. The number of hydrogen-bond donors (Lipinski definition) is 3. The fourth-order valence-electron chi connectivity index (χ4n) is 6.27. The SMILES string of the molecule is NC(=O)c1cccc(C2CC3CCC(C2)N3CCN(CC2CCC(F)(F)CC2)C(=O)[C@@H](O)CO)c1. The second kappa shape index (κ2) is 10.9. The van der Waals surface area contributed by atoms with E-state index < -0.39 is 30.4 Å². The molecule has 2 unspecified atom stereocenters. The highest BCUT2D eigenvalue weighted by atomic mass is 19.3. The van der Waals surface area contributed by atoms with Gasteiger partial charge >= 0.3 is 0 Å². The third kappa shape index (κ3) is 6.19. The quantitative estimate of drug-likeness (QED) is 0.490. The molecule has 7 nitrogen and oxygen atoms in total. The van der Waals surface area contributed by atoms with Gasteiger partial charge < -0.3 is 20.8 Å². The zero-order valence-electron chi connectivity index (χ0n) is 20.1. The number of benzene rings is 1. The van der Waals surface area contributed by atoms with Crippen LogP contribution in [0.5, 0.6) is 0 Å². The number of aliphatic hydroxyl groups is 2. The van der Waals surface area contributed by atoms with Crippen molar-refractivity contribution in [1.82, 2.24) is 9.80 Å². The molecule has 2 amide bonds. The zero-order valence-corrected chi connectivity index (χ0v) is 20.1. The van der Waals surface area contributed by atoms with Crippen molar-refractivity contribution >= 4 is 11.8 Å². The second-order valence-corrected chi connectivity index (χ2v) is 10.6. The molecule has 3 atom stereocenters. The van der Waals surface area contributed by atoms with Crippen LogP contribution in [0.15, 0.2) is 24.3 Å². The molecule has 4 N–H and O–H groups in total. The number of aliphatic hydroxyl groups excluding tert-OH is 2. The van der Waals surface area contributed by atoms with Crippen LogP contribution in [0.3, 0.4) is 0 Å². The molecule has 3 aliphatic rings. The first-order valence-corrected chi connectivity index (χ1v) is 12.8. The number of amides is 2. The summed E-state index contributed by atoms with van der Waals surface area (Å²) in [5, 5.41) is 19.3. The number of nitrogens with zero attached hydrogens (tertiary/aromatic N) is 2. The molecule has 0 spiro atoms. The standard InChI is InChI=1S/C26H37F2N3O4/c27-26(28)8-6-17(7-9-26)15-30(25(35)23(33)16-32)10-11-31-21-4-5-22(31)14-20(13-21)18-2-1-3-19(12-18)24(29)34/h1-3,12,17,20-23,32-33H,4-11,13-16H2,(H2,29,34)/t20?,21?,22?,23-/m0/s1. The van der Waals surface area contributed by atoms with Crippen LogP contribution >= 0.6 is 0 Å². The van der Waals surface area contributed by atoms with Gasteiger partial charge in [0.15, 0.2) is 6.10 Å². The van der Waals surface area contributed by atoms with E-state index in [0.717, 1.165) is 31.2 Å². The molecule has 9 heteroatoms. The minimum atomic E-state index is -2.63. The molecule has 2 saturated heterocycles. The Morgan fingerprint density at radius 2 is 1.80 bits per heavy atom. The summed E-state index contributed by atoms with van der Waals surface area (Å²) in [5.74, 6) is -3.26. The predicted octanol–water partition coefficient (Wildman–Crippen LogP) is 2.50. The zero-order chi connectivity index (χ0) is 25.2. The average Bonchev–Trinajstić information content (AvgIpc) is 3.08. The highest BCUT2D eigenvalue weighted by Gasteiger charge is 2.42. The molecule has 1 aromatic rings. The van der Waals surface area contributed by atoms with Crippen LogP contribution in [0.4, 0.5) is 8.78 Å². The molecule has 0 radical (unpaired) electrons. The van der Waals surface area contributed by atoms with Crippen LogP contribution in [0, 0.1) is 5.92 Å². The third-order valence-electron chi connectivity index (χ3n) is 8.24. The van der Waals surface area contributed by atoms with E-state index in [-0.39, 0.29) is 18.8 Å². The lowest BCUT2D eigenvalue weighted by Gasteiger charge is -2.41. The van der Waals surface area contributed by atoms with E-state index in [1.807, 2.05) is 12.1 Å². The predicted molar refractivity (Wildman–Crippen MR) is 127 cm³/mol. The Balaban J connectivity index is 1.38. The molecule has 0 aromatic heterocycles. The van der Waals surface area contributed by atoms with Gasteiger partial charge in [0, 0.05) is 50.1 Å². The van der Waals surface area contributed by atoms with Crippen molar-refractivity contribution in [3.8, 4) is 0 Å². The summed E-state index contributed by atoms with van der Waals surface area (Å²) in [6, 6.07) is 8.28. The number of alkyl halides is 2. The number of nitrogens with two attached hydrogens (primary N) is 1. The van der Waals surface area contributed by atoms with Crippen molar-refractivity contribution in [3.05, 3.63) is 35.4 Å². The topological polar surface area (TPSA) is 107 Å². The first kappa shape index (κ1) is 26.0. The van der Waals surface area contributed by atoms with Crippen molar-refractivity contribution in [1.29, 1.82) is 0 Å². The molecule has 4 rings (SSSR count). The molecule has 35 heavy (non-hydrogen) atoms. The molecule has 1 aliphatic carbocycles. The Kier molecular flexibility index (Phi) is 8.08. The number of carbonyl (C=O) groups excluding carboxylic acids is 2. The number of rotatable bonds is 9. The number of primary amides is 1. The van der Waals surface area contributed by atoms with Gasteiger partial charge in [-0.25, -0.2) is 8.78 Å². The summed E-state index contributed by atoms with van der Waals surface area (Å²) < 4.78 is 27.1. The summed E-state index contributed by atoms with van der Waals surface area (Å²) in [5.41, 5.74) is 7.11. The van der Waals surface area contributed by atoms with Gasteiger partial charge in [-0.05, 0) is 68.1 Å². The van der Waals surface area contributed by atoms with Crippen molar-refractivity contribution in [3.63, 3.8) is 0 Å². The van der Waals surface area contributed by atoms with Gasteiger partial charge in [-0.3, -0.25) is 14.5 Å². The van der Waals surface area contributed by atoms with Crippen molar-refractivity contribution in [2.45, 2.75) is 81.4 Å². The van der Waals surface area contributed by atoms with Gasteiger partial charge in [-0.1, -0.05) is 12.1 Å². The highest BCUT2D eigenvalue weighted by Crippen LogP contribution is 2.43. The lowest BCUT2D eigenvalue weighted by Crippen LogP contribution is -2.50. The summed E-state index contributed by atoms with van der Waals surface area (Å²) in [7, 11) is 0. The third-order valence-corrected chi connectivity index (χ3v) is 8.24. The van der Waals surface area contributed by atoms with Crippen molar-refractivity contribution in [2.75, 3.05) is 26.2 Å². The van der Waals surface area contributed by atoms with E-state index in [0.29, 0.717) is 56.0 Å². The minimum Gasteiger partial charge on any atom is -0.393 e.